The first-order valence-corrected chi connectivity index (χ1v) is 6.76. The molecule has 0 spiro atoms. The van der Waals surface area contributed by atoms with Crippen LogP contribution in [-0.4, -0.2) is 17.3 Å². The third-order valence-electron chi connectivity index (χ3n) is 2.47. The molecule has 3 nitrogen and oxygen atoms in total. The van der Waals surface area contributed by atoms with E-state index in [0.29, 0.717) is 11.2 Å². The molecule has 100 valence electrons. The van der Waals surface area contributed by atoms with Gasteiger partial charge in [0.1, 0.15) is 5.75 Å². The van der Waals surface area contributed by atoms with E-state index in [-0.39, 0.29) is 6.10 Å². The molecule has 1 rings (SSSR count). The van der Waals surface area contributed by atoms with Crippen molar-refractivity contribution in [2.45, 2.75) is 46.3 Å². The first kappa shape index (κ1) is 14.8. The van der Waals surface area contributed by atoms with E-state index in [2.05, 4.69) is 24.5 Å². The van der Waals surface area contributed by atoms with E-state index in [1.54, 1.807) is 0 Å². The molecule has 18 heavy (non-hydrogen) atoms. The summed E-state index contributed by atoms with van der Waals surface area (Å²) in [4.78, 5) is 0. The Hall–Kier alpha value is -1.29. The second kappa shape index (κ2) is 7.21. The van der Waals surface area contributed by atoms with Gasteiger partial charge in [0.2, 0.25) is 0 Å². The van der Waals surface area contributed by atoms with Crippen molar-refractivity contribution in [3.05, 3.63) is 24.3 Å². The van der Waals surface area contributed by atoms with Crippen molar-refractivity contribution in [3.63, 3.8) is 0 Å². The summed E-state index contributed by atoms with van der Waals surface area (Å²) < 4.78 is 5.58. The quantitative estimate of drug-likeness (QED) is 0.798. The molecule has 2 N–H and O–H groups in total. The minimum Gasteiger partial charge on any atom is -0.491 e. The van der Waals surface area contributed by atoms with Crippen molar-refractivity contribution < 1.29 is 4.74 Å². The van der Waals surface area contributed by atoms with Crippen LogP contribution in [0.3, 0.4) is 0 Å². The van der Waals surface area contributed by atoms with Crippen LogP contribution in [0.5, 0.6) is 5.75 Å². The molecule has 0 amide bonds. The van der Waals surface area contributed by atoms with Crippen LogP contribution in [0.25, 0.3) is 0 Å². The van der Waals surface area contributed by atoms with Crippen LogP contribution < -0.4 is 15.4 Å². The highest BCUT2D eigenvalue weighted by molar-refractivity contribution is 7.80. The standard InChI is InChI=1S/C14H22N2OS/c1-5-11(4)15-14(18)16-12-6-8-13(9-7-12)17-10(2)3/h6-11H,5H2,1-4H3,(H2,15,16,18)/t11-/m0/s1. The van der Waals surface area contributed by atoms with Gasteiger partial charge in [0.25, 0.3) is 0 Å². The third-order valence-corrected chi connectivity index (χ3v) is 2.69. The second-order valence-corrected chi connectivity index (χ2v) is 5.01. The van der Waals surface area contributed by atoms with Crippen LogP contribution in [0, 0.1) is 0 Å². The number of hydrogen-bond acceptors (Lipinski definition) is 2. The SMILES string of the molecule is CC[C@H](C)NC(=S)Nc1ccc(OC(C)C)cc1. The maximum absolute atomic E-state index is 5.58. The van der Waals surface area contributed by atoms with Crippen LogP contribution >= 0.6 is 12.2 Å². The van der Waals surface area contributed by atoms with Gasteiger partial charge in [-0.15, -0.1) is 0 Å². The highest BCUT2D eigenvalue weighted by Crippen LogP contribution is 2.16. The molecule has 1 atom stereocenters. The van der Waals surface area contributed by atoms with Gasteiger partial charge in [-0.3, -0.25) is 0 Å². The summed E-state index contributed by atoms with van der Waals surface area (Å²) in [6.45, 7) is 8.25. The van der Waals surface area contributed by atoms with Crippen molar-refractivity contribution in [2.75, 3.05) is 5.32 Å². The fraction of sp³-hybridized carbons (Fsp3) is 0.500. The normalized spacial score (nSPS) is 12.1. The van der Waals surface area contributed by atoms with Gasteiger partial charge >= 0.3 is 0 Å². The molecular formula is C14H22N2OS. The summed E-state index contributed by atoms with van der Waals surface area (Å²) in [5.41, 5.74) is 0.965. The van der Waals surface area contributed by atoms with Crippen molar-refractivity contribution in [3.8, 4) is 5.75 Å². The highest BCUT2D eigenvalue weighted by atomic mass is 32.1. The maximum Gasteiger partial charge on any atom is 0.170 e. The lowest BCUT2D eigenvalue weighted by molar-refractivity contribution is 0.242. The summed E-state index contributed by atoms with van der Waals surface area (Å²) in [6, 6.07) is 8.18. The smallest absolute Gasteiger partial charge is 0.170 e. The molecule has 0 fully saturated rings. The lowest BCUT2D eigenvalue weighted by Gasteiger charge is -2.15. The minimum absolute atomic E-state index is 0.192. The third kappa shape index (κ3) is 5.36. The Kier molecular flexibility index (Phi) is 5.92. The predicted octanol–water partition coefficient (Wildman–Crippen LogP) is 3.56. The summed E-state index contributed by atoms with van der Waals surface area (Å²) in [7, 11) is 0. The number of thiocarbonyl (C=S) groups is 1. The Labute approximate surface area is 115 Å². The summed E-state index contributed by atoms with van der Waals surface area (Å²) >= 11 is 5.23. The predicted molar refractivity (Wildman–Crippen MR) is 81.3 cm³/mol. The van der Waals surface area contributed by atoms with E-state index in [0.717, 1.165) is 17.9 Å². The van der Waals surface area contributed by atoms with Gasteiger partial charge in [-0.1, -0.05) is 6.92 Å². The molecular weight excluding hydrogens is 244 g/mol. The number of ether oxygens (including phenoxy) is 1. The van der Waals surface area contributed by atoms with Crippen molar-refractivity contribution in [1.29, 1.82) is 0 Å². The molecule has 0 unspecified atom stereocenters. The summed E-state index contributed by atoms with van der Waals surface area (Å²) in [6.07, 6.45) is 1.24. The molecule has 0 radical (unpaired) electrons. The zero-order valence-corrected chi connectivity index (χ0v) is 12.3. The number of anilines is 1. The van der Waals surface area contributed by atoms with Crippen molar-refractivity contribution in [2.24, 2.45) is 0 Å². The van der Waals surface area contributed by atoms with E-state index < -0.39 is 0 Å². The zero-order valence-electron chi connectivity index (χ0n) is 11.5. The molecule has 0 bridgehead atoms. The molecule has 4 heteroatoms. The fourth-order valence-electron chi connectivity index (χ4n) is 1.38. The van der Waals surface area contributed by atoms with Crippen LogP contribution in [-0.2, 0) is 0 Å². The Balaban J connectivity index is 2.50. The monoisotopic (exact) mass is 266 g/mol. The van der Waals surface area contributed by atoms with Crippen LogP contribution in [0.4, 0.5) is 5.69 Å². The number of nitrogens with one attached hydrogen (secondary N) is 2. The molecule has 0 aliphatic rings. The summed E-state index contributed by atoms with van der Waals surface area (Å²) in [5, 5.41) is 7.02. The van der Waals surface area contributed by atoms with Crippen LogP contribution in [0.2, 0.25) is 0 Å². The Bertz CT molecular complexity index is 376. The summed E-state index contributed by atoms with van der Waals surface area (Å²) in [5.74, 6) is 0.872. The Morgan fingerprint density at radius 3 is 2.33 bits per heavy atom. The van der Waals surface area contributed by atoms with E-state index in [1.807, 2.05) is 38.1 Å². The molecule has 0 heterocycles. The average molecular weight is 266 g/mol. The Morgan fingerprint density at radius 1 is 1.22 bits per heavy atom. The molecule has 1 aromatic carbocycles. The lowest BCUT2D eigenvalue weighted by Crippen LogP contribution is -2.35. The molecule has 0 aromatic heterocycles. The molecule has 1 aromatic rings. The second-order valence-electron chi connectivity index (χ2n) is 4.60. The van der Waals surface area contributed by atoms with Crippen LogP contribution in [0.1, 0.15) is 34.1 Å². The Morgan fingerprint density at radius 2 is 1.83 bits per heavy atom. The lowest BCUT2D eigenvalue weighted by atomic mass is 10.3. The van der Waals surface area contributed by atoms with E-state index in [4.69, 9.17) is 17.0 Å². The van der Waals surface area contributed by atoms with E-state index in [1.165, 1.54) is 0 Å². The van der Waals surface area contributed by atoms with Crippen molar-refractivity contribution >= 4 is 23.0 Å². The van der Waals surface area contributed by atoms with Gasteiger partial charge in [0.15, 0.2) is 5.11 Å². The molecule has 0 aliphatic heterocycles. The van der Waals surface area contributed by atoms with Gasteiger partial charge in [0.05, 0.1) is 6.10 Å². The number of hydrogen-bond donors (Lipinski definition) is 2. The van der Waals surface area contributed by atoms with Gasteiger partial charge in [-0.2, -0.15) is 0 Å². The first-order valence-electron chi connectivity index (χ1n) is 6.35. The number of benzene rings is 1. The largest absolute Gasteiger partial charge is 0.491 e. The zero-order chi connectivity index (χ0) is 13.5. The highest BCUT2D eigenvalue weighted by Gasteiger charge is 2.02. The van der Waals surface area contributed by atoms with Gasteiger partial charge < -0.3 is 15.4 Å². The minimum atomic E-state index is 0.192. The molecule has 0 aliphatic carbocycles. The van der Waals surface area contributed by atoms with Gasteiger partial charge in [0, 0.05) is 11.7 Å². The maximum atomic E-state index is 5.58. The van der Waals surface area contributed by atoms with Gasteiger partial charge in [-0.05, 0) is 63.7 Å². The van der Waals surface area contributed by atoms with E-state index >= 15 is 0 Å². The van der Waals surface area contributed by atoms with Gasteiger partial charge in [-0.25, -0.2) is 0 Å². The fourth-order valence-corrected chi connectivity index (χ4v) is 1.70. The first-order chi connectivity index (χ1) is 8.51. The molecule has 0 saturated carbocycles. The number of rotatable bonds is 5. The average Bonchev–Trinajstić information content (AvgIpc) is 2.30. The van der Waals surface area contributed by atoms with Crippen molar-refractivity contribution in [1.82, 2.24) is 5.32 Å². The van der Waals surface area contributed by atoms with Crippen LogP contribution in [0.15, 0.2) is 24.3 Å². The van der Waals surface area contributed by atoms with E-state index in [9.17, 15) is 0 Å². The molecule has 0 saturated heterocycles. The topological polar surface area (TPSA) is 33.3 Å².